The van der Waals surface area contributed by atoms with Crippen molar-refractivity contribution < 1.29 is 4.79 Å². The first-order valence-electron chi connectivity index (χ1n) is 8.54. The normalized spacial score (nSPS) is 20.0. The van der Waals surface area contributed by atoms with Crippen molar-refractivity contribution in [2.45, 2.75) is 24.7 Å². The Morgan fingerprint density at radius 1 is 1.50 bits per heavy atom. The van der Waals surface area contributed by atoms with E-state index in [1.807, 2.05) is 20.2 Å². The van der Waals surface area contributed by atoms with Gasteiger partial charge in [0.2, 0.25) is 0 Å². The van der Waals surface area contributed by atoms with E-state index in [9.17, 15) is 4.79 Å². The molecular formula is C17H25N7OS. The van der Waals surface area contributed by atoms with Crippen molar-refractivity contribution in [2.75, 3.05) is 32.1 Å². The van der Waals surface area contributed by atoms with Gasteiger partial charge in [-0.1, -0.05) is 0 Å². The highest BCUT2D eigenvalue weighted by Crippen LogP contribution is 2.30. The molecular weight excluding hydrogens is 350 g/mol. The molecule has 1 amide bonds. The zero-order chi connectivity index (χ0) is 18.7. The highest BCUT2D eigenvalue weighted by Gasteiger charge is 2.36. The highest BCUT2D eigenvalue weighted by atomic mass is 32.1. The fourth-order valence-electron chi connectivity index (χ4n) is 3.17. The minimum absolute atomic E-state index is 0.126. The van der Waals surface area contributed by atoms with Crippen molar-refractivity contribution in [3.63, 3.8) is 0 Å². The molecule has 0 aliphatic carbocycles. The van der Waals surface area contributed by atoms with Gasteiger partial charge in [-0.25, -0.2) is 4.98 Å². The van der Waals surface area contributed by atoms with E-state index in [1.165, 1.54) is 11.3 Å². The summed E-state index contributed by atoms with van der Waals surface area (Å²) in [6.07, 6.45) is 5.47. The molecule has 1 saturated heterocycles. The van der Waals surface area contributed by atoms with Gasteiger partial charge in [0.1, 0.15) is 5.69 Å². The van der Waals surface area contributed by atoms with Gasteiger partial charge >= 0.3 is 0 Å². The van der Waals surface area contributed by atoms with Crippen LogP contribution in [0.5, 0.6) is 0 Å². The number of amides is 1. The van der Waals surface area contributed by atoms with Crippen LogP contribution in [-0.2, 0) is 5.79 Å². The first kappa shape index (κ1) is 18.7. The summed E-state index contributed by atoms with van der Waals surface area (Å²) in [5.74, 6) is -1.56. The Kier molecular flexibility index (Phi) is 5.52. The van der Waals surface area contributed by atoms with E-state index in [0.29, 0.717) is 5.69 Å². The van der Waals surface area contributed by atoms with Crippen LogP contribution in [0.1, 0.15) is 28.9 Å². The molecule has 26 heavy (non-hydrogen) atoms. The lowest BCUT2D eigenvalue weighted by molar-refractivity contribution is 0.0695. The van der Waals surface area contributed by atoms with Crippen LogP contribution in [-0.4, -0.2) is 54.0 Å². The van der Waals surface area contributed by atoms with Gasteiger partial charge < -0.3 is 16.0 Å². The van der Waals surface area contributed by atoms with Crippen molar-refractivity contribution in [3.8, 4) is 0 Å². The molecule has 1 fully saturated rings. The number of carbonyl (C=O) groups is 1. The van der Waals surface area contributed by atoms with Gasteiger partial charge in [0.15, 0.2) is 5.79 Å². The minimum atomic E-state index is -1.23. The number of aromatic nitrogens is 2. The predicted molar refractivity (Wildman–Crippen MR) is 103 cm³/mol. The number of pyridine rings is 1. The largest absolute Gasteiger partial charge is 0.370 e. The molecule has 0 spiro atoms. The van der Waals surface area contributed by atoms with E-state index in [1.54, 1.807) is 28.2 Å². The van der Waals surface area contributed by atoms with Gasteiger partial charge in [-0.05, 0) is 33.0 Å². The fourth-order valence-corrected chi connectivity index (χ4v) is 3.70. The number of anilines is 1. The lowest BCUT2D eigenvalue weighted by Gasteiger charge is -2.41. The number of rotatable bonds is 5. The van der Waals surface area contributed by atoms with Crippen molar-refractivity contribution in [3.05, 3.63) is 40.6 Å². The molecule has 1 aliphatic heterocycles. The molecule has 5 N–H and O–H groups in total. The summed E-state index contributed by atoms with van der Waals surface area (Å²) in [5, 5.41) is 4.61. The molecule has 3 rings (SSSR count). The molecule has 0 aromatic carbocycles. The van der Waals surface area contributed by atoms with Gasteiger partial charge in [0, 0.05) is 48.2 Å². The van der Waals surface area contributed by atoms with Crippen LogP contribution >= 0.6 is 11.3 Å². The number of hydrogen-bond donors (Lipinski definition) is 3. The summed E-state index contributed by atoms with van der Waals surface area (Å²) >= 11 is 1.36. The lowest BCUT2D eigenvalue weighted by atomic mass is 10.0. The SMILES string of the molecule is CN(C)[C@@](N)(NC(=O)c1cscn1)c1cnccc1N1CCC[C@H](N)C1. The zero-order valence-corrected chi connectivity index (χ0v) is 15.9. The summed E-state index contributed by atoms with van der Waals surface area (Å²) in [5.41, 5.74) is 16.5. The van der Waals surface area contributed by atoms with E-state index in [0.717, 1.165) is 37.2 Å². The maximum Gasteiger partial charge on any atom is 0.273 e. The predicted octanol–water partition coefficient (Wildman–Crippen LogP) is 0.526. The average molecular weight is 376 g/mol. The number of nitrogens with two attached hydrogens (primary N) is 2. The van der Waals surface area contributed by atoms with Crippen molar-refractivity contribution in [2.24, 2.45) is 11.5 Å². The molecule has 3 heterocycles. The smallest absolute Gasteiger partial charge is 0.273 e. The van der Waals surface area contributed by atoms with Crippen LogP contribution in [0.25, 0.3) is 0 Å². The summed E-state index contributed by atoms with van der Waals surface area (Å²) < 4.78 is 0. The Labute approximate surface area is 157 Å². The maximum absolute atomic E-state index is 12.6. The van der Waals surface area contributed by atoms with Gasteiger partial charge in [-0.3, -0.25) is 20.4 Å². The van der Waals surface area contributed by atoms with Crippen molar-refractivity contribution in [1.29, 1.82) is 0 Å². The minimum Gasteiger partial charge on any atom is -0.370 e. The van der Waals surface area contributed by atoms with Crippen molar-refractivity contribution >= 4 is 22.9 Å². The van der Waals surface area contributed by atoms with Crippen LogP contribution in [0, 0.1) is 0 Å². The second-order valence-electron chi connectivity index (χ2n) is 6.73. The Morgan fingerprint density at radius 3 is 2.96 bits per heavy atom. The maximum atomic E-state index is 12.6. The van der Waals surface area contributed by atoms with E-state index >= 15 is 0 Å². The number of hydrogen-bond acceptors (Lipinski definition) is 8. The molecule has 1 aliphatic rings. The average Bonchev–Trinajstić information content (AvgIpc) is 3.16. The van der Waals surface area contributed by atoms with Crippen LogP contribution in [0.4, 0.5) is 5.69 Å². The third-order valence-electron chi connectivity index (χ3n) is 4.68. The van der Waals surface area contributed by atoms with Crippen LogP contribution in [0.3, 0.4) is 0 Å². The second-order valence-corrected chi connectivity index (χ2v) is 7.45. The number of nitrogens with one attached hydrogen (secondary N) is 1. The fraction of sp³-hybridized carbons (Fsp3) is 0.471. The van der Waals surface area contributed by atoms with E-state index in [4.69, 9.17) is 11.5 Å². The summed E-state index contributed by atoms with van der Waals surface area (Å²) in [7, 11) is 3.64. The highest BCUT2D eigenvalue weighted by molar-refractivity contribution is 7.07. The number of carbonyl (C=O) groups excluding carboxylic acids is 1. The molecule has 8 nitrogen and oxygen atoms in total. The van der Waals surface area contributed by atoms with E-state index in [-0.39, 0.29) is 11.9 Å². The lowest BCUT2D eigenvalue weighted by Crippen LogP contribution is -2.62. The number of nitrogens with zero attached hydrogens (tertiary/aromatic N) is 4. The topological polar surface area (TPSA) is 113 Å². The summed E-state index contributed by atoms with van der Waals surface area (Å²) in [4.78, 5) is 24.9. The standard InChI is InChI=1S/C17H25N7OS/c1-23(2)17(19,22-16(25)14-10-26-11-21-14)13-8-20-6-5-15(13)24-7-3-4-12(18)9-24/h5-6,8,10-12H,3-4,7,9,18-19H2,1-2H3,(H,22,25)/t12-,17-/m0/s1. The number of piperidine rings is 1. The second kappa shape index (κ2) is 7.67. The summed E-state index contributed by atoms with van der Waals surface area (Å²) in [6.45, 7) is 1.65. The molecule has 140 valence electrons. The molecule has 2 aromatic heterocycles. The van der Waals surface area contributed by atoms with Gasteiger partial charge in [0.25, 0.3) is 5.91 Å². The Bertz CT molecular complexity index is 751. The van der Waals surface area contributed by atoms with Crippen LogP contribution in [0.15, 0.2) is 29.4 Å². The molecule has 2 aromatic rings. The Hall–Kier alpha value is -2.07. The molecule has 0 unspecified atom stereocenters. The monoisotopic (exact) mass is 375 g/mol. The van der Waals surface area contributed by atoms with E-state index < -0.39 is 5.79 Å². The van der Waals surface area contributed by atoms with Gasteiger partial charge in [-0.15, -0.1) is 11.3 Å². The van der Waals surface area contributed by atoms with Crippen molar-refractivity contribution in [1.82, 2.24) is 20.2 Å². The third kappa shape index (κ3) is 3.70. The van der Waals surface area contributed by atoms with Crippen LogP contribution < -0.4 is 21.7 Å². The Balaban J connectivity index is 1.96. The first-order valence-corrected chi connectivity index (χ1v) is 9.48. The van der Waals surface area contributed by atoms with Gasteiger partial charge in [-0.2, -0.15) is 0 Å². The molecule has 2 atom stereocenters. The molecule has 0 saturated carbocycles. The molecule has 9 heteroatoms. The first-order chi connectivity index (χ1) is 12.4. The zero-order valence-electron chi connectivity index (χ0n) is 15.1. The molecule has 0 radical (unpaired) electrons. The number of thiazole rings is 1. The quantitative estimate of drug-likeness (QED) is 0.653. The Morgan fingerprint density at radius 2 is 2.31 bits per heavy atom. The van der Waals surface area contributed by atoms with Crippen LogP contribution in [0.2, 0.25) is 0 Å². The molecule has 0 bridgehead atoms. The third-order valence-corrected chi connectivity index (χ3v) is 5.27. The van der Waals surface area contributed by atoms with Gasteiger partial charge in [0.05, 0.1) is 5.51 Å². The summed E-state index contributed by atoms with van der Waals surface area (Å²) in [6, 6.07) is 2.05. The van der Waals surface area contributed by atoms with E-state index in [2.05, 4.69) is 20.2 Å².